The SMILES string of the molecule is CN(CCNC1CC1)C1CCOC1. The molecule has 3 heteroatoms. The topological polar surface area (TPSA) is 24.5 Å². The van der Waals surface area contributed by atoms with E-state index in [4.69, 9.17) is 4.74 Å². The average Bonchev–Trinajstić information content (AvgIpc) is 2.80. The second-order valence-corrected chi connectivity index (χ2v) is 4.23. The zero-order valence-corrected chi connectivity index (χ0v) is 8.46. The summed E-state index contributed by atoms with van der Waals surface area (Å²) in [5, 5.41) is 3.53. The van der Waals surface area contributed by atoms with Crippen LogP contribution in [0.2, 0.25) is 0 Å². The molecule has 0 aromatic rings. The molecule has 1 atom stereocenters. The Bertz CT molecular complexity index is 153. The van der Waals surface area contributed by atoms with Crippen LogP contribution in [0.15, 0.2) is 0 Å². The Morgan fingerprint density at radius 2 is 2.23 bits per heavy atom. The molecular weight excluding hydrogens is 164 g/mol. The van der Waals surface area contributed by atoms with Crippen molar-refractivity contribution in [2.24, 2.45) is 0 Å². The number of hydrogen-bond acceptors (Lipinski definition) is 3. The number of ether oxygens (including phenoxy) is 1. The molecule has 13 heavy (non-hydrogen) atoms. The molecule has 1 saturated carbocycles. The van der Waals surface area contributed by atoms with Crippen molar-refractivity contribution in [3.63, 3.8) is 0 Å². The Morgan fingerprint density at radius 3 is 2.85 bits per heavy atom. The molecule has 1 heterocycles. The van der Waals surface area contributed by atoms with E-state index in [1.165, 1.54) is 19.3 Å². The van der Waals surface area contributed by atoms with Crippen molar-refractivity contribution in [3.05, 3.63) is 0 Å². The molecule has 2 rings (SSSR count). The van der Waals surface area contributed by atoms with E-state index in [-0.39, 0.29) is 0 Å². The van der Waals surface area contributed by atoms with Gasteiger partial charge in [0.15, 0.2) is 0 Å². The summed E-state index contributed by atoms with van der Waals surface area (Å²) in [6.45, 7) is 4.17. The van der Waals surface area contributed by atoms with Gasteiger partial charge in [-0.2, -0.15) is 0 Å². The highest BCUT2D eigenvalue weighted by Gasteiger charge is 2.22. The molecule has 1 saturated heterocycles. The first-order chi connectivity index (χ1) is 6.36. The minimum absolute atomic E-state index is 0.668. The van der Waals surface area contributed by atoms with E-state index in [1.54, 1.807) is 0 Å². The van der Waals surface area contributed by atoms with Gasteiger partial charge in [0.1, 0.15) is 0 Å². The van der Waals surface area contributed by atoms with Crippen LogP contribution < -0.4 is 5.32 Å². The Hall–Kier alpha value is -0.120. The molecule has 1 N–H and O–H groups in total. The van der Waals surface area contributed by atoms with E-state index in [9.17, 15) is 0 Å². The van der Waals surface area contributed by atoms with Gasteiger partial charge in [0, 0.05) is 31.8 Å². The highest BCUT2D eigenvalue weighted by Crippen LogP contribution is 2.18. The first-order valence-corrected chi connectivity index (χ1v) is 5.37. The summed E-state index contributed by atoms with van der Waals surface area (Å²) in [4.78, 5) is 2.42. The van der Waals surface area contributed by atoms with Crippen LogP contribution in [0.1, 0.15) is 19.3 Å². The maximum Gasteiger partial charge on any atom is 0.0622 e. The van der Waals surface area contributed by atoms with Gasteiger partial charge in [0.2, 0.25) is 0 Å². The van der Waals surface area contributed by atoms with Crippen LogP contribution >= 0.6 is 0 Å². The Kier molecular flexibility index (Phi) is 3.19. The molecule has 2 aliphatic rings. The summed E-state index contributed by atoms with van der Waals surface area (Å²) in [6, 6.07) is 1.51. The van der Waals surface area contributed by atoms with Crippen LogP contribution in [0.3, 0.4) is 0 Å². The van der Waals surface area contributed by atoms with E-state index in [0.717, 1.165) is 32.3 Å². The normalized spacial score (nSPS) is 28.6. The molecule has 0 radical (unpaired) electrons. The van der Waals surface area contributed by atoms with Crippen LogP contribution in [0.5, 0.6) is 0 Å². The molecule has 0 amide bonds. The zero-order valence-electron chi connectivity index (χ0n) is 8.46. The number of likely N-dealkylation sites (N-methyl/N-ethyl adjacent to an activating group) is 1. The number of hydrogen-bond donors (Lipinski definition) is 1. The fourth-order valence-electron chi connectivity index (χ4n) is 1.78. The lowest BCUT2D eigenvalue weighted by Crippen LogP contribution is -2.37. The van der Waals surface area contributed by atoms with Gasteiger partial charge < -0.3 is 10.1 Å². The second kappa shape index (κ2) is 4.40. The molecule has 1 aliphatic heterocycles. The minimum atomic E-state index is 0.668. The maximum absolute atomic E-state index is 5.36. The van der Waals surface area contributed by atoms with Gasteiger partial charge in [-0.3, -0.25) is 4.90 Å². The minimum Gasteiger partial charge on any atom is -0.380 e. The lowest BCUT2D eigenvalue weighted by Gasteiger charge is -2.22. The first-order valence-electron chi connectivity index (χ1n) is 5.37. The van der Waals surface area contributed by atoms with Gasteiger partial charge in [0.05, 0.1) is 6.61 Å². The average molecular weight is 184 g/mol. The van der Waals surface area contributed by atoms with Crippen molar-refractivity contribution >= 4 is 0 Å². The van der Waals surface area contributed by atoms with Crippen molar-refractivity contribution in [2.45, 2.75) is 31.3 Å². The smallest absolute Gasteiger partial charge is 0.0622 e. The molecule has 1 unspecified atom stereocenters. The van der Waals surface area contributed by atoms with Gasteiger partial charge in [-0.05, 0) is 26.3 Å². The van der Waals surface area contributed by atoms with Crippen LogP contribution in [-0.4, -0.2) is 50.3 Å². The standard InChI is InChI=1S/C10H20N2O/c1-12(10-4-7-13-8-10)6-5-11-9-2-3-9/h9-11H,2-8H2,1H3. The lowest BCUT2D eigenvalue weighted by atomic mass is 10.2. The van der Waals surface area contributed by atoms with Gasteiger partial charge in [-0.1, -0.05) is 0 Å². The summed E-state index contributed by atoms with van der Waals surface area (Å²) in [6.07, 6.45) is 3.98. The molecule has 76 valence electrons. The van der Waals surface area contributed by atoms with Crippen molar-refractivity contribution in [2.75, 3.05) is 33.4 Å². The second-order valence-electron chi connectivity index (χ2n) is 4.23. The fraction of sp³-hybridized carbons (Fsp3) is 1.00. The number of nitrogens with zero attached hydrogens (tertiary/aromatic N) is 1. The molecule has 1 aliphatic carbocycles. The summed E-state index contributed by atoms with van der Waals surface area (Å²) in [5.74, 6) is 0. The molecule has 0 aromatic heterocycles. The third-order valence-electron chi connectivity index (χ3n) is 3.00. The Balaban J connectivity index is 1.56. The summed E-state index contributed by atoms with van der Waals surface area (Å²) in [7, 11) is 2.20. The summed E-state index contributed by atoms with van der Waals surface area (Å²) in [5.41, 5.74) is 0. The number of rotatable bonds is 5. The van der Waals surface area contributed by atoms with Crippen molar-refractivity contribution < 1.29 is 4.74 Å². The fourth-order valence-corrected chi connectivity index (χ4v) is 1.78. The summed E-state index contributed by atoms with van der Waals surface area (Å²) >= 11 is 0. The first kappa shape index (κ1) is 9.44. The van der Waals surface area contributed by atoms with E-state index >= 15 is 0 Å². The molecule has 0 bridgehead atoms. The van der Waals surface area contributed by atoms with Crippen molar-refractivity contribution in [1.29, 1.82) is 0 Å². The number of nitrogens with one attached hydrogen (secondary N) is 1. The monoisotopic (exact) mass is 184 g/mol. The molecule has 0 spiro atoms. The highest BCUT2D eigenvalue weighted by molar-refractivity contribution is 4.81. The van der Waals surface area contributed by atoms with Crippen LogP contribution in [-0.2, 0) is 4.74 Å². The molecule has 2 fully saturated rings. The largest absolute Gasteiger partial charge is 0.380 e. The third kappa shape index (κ3) is 2.93. The maximum atomic E-state index is 5.36. The predicted molar refractivity (Wildman–Crippen MR) is 52.9 cm³/mol. The van der Waals surface area contributed by atoms with Crippen molar-refractivity contribution in [3.8, 4) is 0 Å². The molecule has 0 aromatic carbocycles. The molecular formula is C10H20N2O. The van der Waals surface area contributed by atoms with E-state index in [2.05, 4.69) is 17.3 Å². The van der Waals surface area contributed by atoms with Crippen LogP contribution in [0.25, 0.3) is 0 Å². The Labute approximate surface area is 80.4 Å². The molecule has 3 nitrogen and oxygen atoms in total. The van der Waals surface area contributed by atoms with E-state index in [0.29, 0.717) is 6.04 Å². The quantitative estimate of drug-likeness (QED) is 0.672. The van der Waals surface area contributed by atoms with Crippen LogP contribution in [0.4, 0.5) is 0 Å². The predicted octanol–water partition coefficient (Wildman–Crippen LogP) is 0.459. The lowest BCUT2D eigenvalue weighted by molar-refractivity contribution is 0.159. The van der Waals surface area contributed by atoms with Gasteiger partial charge in [-0.25, -0.2) is 0 Å². The summed E-state index contributed by atoms with van der Waals surface area (Å²) < 4.78 is 5.36. The van der Waals surface area contributed by atoms with Crippen LogP contribution in [0, 0.1) is 0 Å². The van der Waals surface area contributed by atoms with E-state index in [1.807, 2.05) is 0 Å². The van der Waals surface area contributed by atoms with E-state index < -0.39 is 0 Å². The third-order valence-corrected chi connectivity index (χ3v) is 3.00. The zero-order chi connectivity index (χ0) is 9.10. The van der Waals surface area contributed by atoms with Gasteiger partial charge in [0.25, 0.3) is 0 Å². The van der Waals surface area contributed by atoms with Crippen molar-refractivity contribution in [1.82, 2.24) is 10.2 Å². The highest BCUT2D eigenvalue weighted by atomic mass is 16.5. The van der Waals surface area contributed by atoms with Gasteiger partial charge >= 0.3 is 0 Å². The Morgan fingerprint density at radius 1 is 1.38 bits per heavy atom. The van der Waals surface area contributed by atoms with Gasteiger partial charge in [-0.15, -0.1) is 0 Å².